The molecule has 3 N–H and O–H groups in total. The highest BCUT2D eigenvalue weighted by atomic mass is 16.1. The fourth-order valence-electron chi connectivity index (χ4n) is 4.71. The van der Waals surface area contributed by atoms with Crippen LogP contribution in [0, 0.1) is 5.41 Å². The lowest BCUT2D eigenvalue weighted by Crippen LogP contribution is -2.26. The largest absolute Gasteiger partial charge is 0.356 e. The number of nitrogens with zero attached hydrogens (tertiary/aromatic N) is 3. The summed E-state index contributed by atoms with van der Waals surface area (Å²) >= 11 is 0. The highest BCUT2D eigenvalue weighted by Gasteiger charge is 2.35. The molecular weight excluding hydrogens is 464 g/mol. The van der Waals surface area contributed by atoms with Gasteiger partial charge in [0, 0.05) is 35.8 Å². The number of amides is 1. The number of ketones is 1. The molecule has 1 aliphatic rings. The van der Waals surface area contributed by atoms with E-state index in [2.05, 4.69) is 39.5 Å². The van der Waals surface area contributed by atoms with Crippen molar-refractivity contribution in [3.8, 4) is 11.3 Å². The molecule has 0 spiro atoms. The molecule has 0 saturated heterocycles. The van der Waals surface area contributed by atoms with E-state index >= 15 is 0 Å². The summed E-state index contributed by atoms with van der Waals surface area (Å²) in [6, 6.07) is 13.5. The van der Waals surface area contributed by atoms with Crippen molar-refractivity contribution in [2.45, 2.75) is 53.0 Å². The van der Waals surface area contributed by atoms with Crippen molar-refractivity contribution in [2.75, 3.05) is 10.6 Å². The summed E-state index contributed by atoms with van der Waals surface area (Å²) in [5.41, 5.74) is 4.98. The third kappa shape index (κ3) is 5.05. The van der Waals surface area contributed by atoms with Gasteiger partial charge in [-0.1, -0.05) is 32.0 Å². The van der Waals surface area contributed by atoms with Crippen LogP contribution < -0.4 is 10.6 Å². The molecule has 1 aliphatic carbocycles. The van der Waals surface area contributed by atoms with Crippen molar-refractivity contribution in [1.82, 2.24) is 19.7 Å². The second-order valence-electron chi connectivity index (χ2n) is 11.4. The minimum atomic E-state index is -0.287. The topological polar surface area (TPSA) is 105 Å². The van der Waals surface area contributed by atoms with Crippen molar-refractivity contribution < 1.29 is 9.59 Å². The van der Waals surface area contributed by atoms with Crippen LogP contribution in [-0.4, -0.2) is 31.4 Å². The molecule has 190 valence electrons. The molecule has 4 aromatic rings. The van der Waals surface area contributed by atoms with E-state index in [4.69, 9.17) is 0 Å². The first-order chi connectivity index (χ1) is 17.5. The Morgan fingerprint density at radius 1 is 1.11 bits per heavy atom. The summed E-state index contributed by atoms with van der Waals surface area (Å²) in [6.07, 6.45) is 6.19. The molecule has 1 aromatic carbocycles. The van der Waals surface area contributed by atoms with Gasteiger partial charge in [-0.15, -0.1) is 0 Å². The zero-order valence-corrected chi connectivity index (χ0v) is 21.8. The summed E-state index contributed by atoms with van der Waals surface area (Å²) in [7, 11) is 0. The average molecular weight is 497 g/mol. The van der Waals surface area contributed by atoms with E-state index in [0.717, 1.165) is 34.7 Å². The van der Waals surface area contributed by atoms with Gasteiger partial charge in [-0.2, -0.15) is 5.10 Å². The minimum absolute atomic E-state index is 0.116. The number of para-hydroxylation sites is 1. The van der Waals surface area contributed by atoms with E-state index in [1.54, 1.807) is 23.3 Å². The summed E-state index contributed by atoms with van der Waals surface area (Å²) in [5.74, 6) is 0.243. The molecule has 0 bridgehead atoms. The number of anilines is 3. The summed E-state index contributed by atoms with van der Waals surface area (Å²) in [4.78, 5) is 34.1. The third-order valence-corrected chi connectivity index (χ3v) is 6.52. The molecule has 8 nitrogen and oxygen atoms in total. The number of aromatic amines is 1. The summed E-state index contributed by atoms with van der Waals surface area (Å²) < 4.78 is 1.76. The Balaban J connectivity index is 1.50. The van der Waals surface area contributed by atoms with E-state index in [9.17, 15) is 9.59 Å². The number of pyridine rings is 1. The molecule has 0 aliphatic heterocycles. The van der Waals surface area contributed by atoms with E-state index in [1.807, 2.05) is 63.2 Å². The molecule has 0 atom stereocenters. The molecule has 3 aromatic heterocycles. The van der Waals surface area contributed by atoms with Crippen molar-refractivity contribution in [3.63, 3.8) is 0 Å². The number of benzene rings is 1. The number of H-pyrrole nitrogens is 1. The molecule has 5 rings (SSSR count). The van der Waals surface area contributed by atoms with Gasteiger partial charge in [-0.05, 0) is 56.9 Å². The second kappa shape index (κ2) is 9.03. The first kappa shape index (κ1) is 24.5. The number of carbonyl (C=O) groups excluding carboxylic acids is 2. The van der Waals surface area contributed by atoms with Crippen LogP contribution in [0.4, 0.5) is 17.2 Å². The van der Waals surface area contributed by atoms with Crippen LogP contribution in [0.25, 0.3) is 11.3 Å². The normalized spacial score (nSPS) is 14.8. The number of hydrogen-bond donors (Lipinski definition) is 3. The monoisotopic (exact) mass is 496 g/mol. The van der Waals surface area contributed by atoms with Crippen molar-refractivity contribution in [2.24, 2.45) is 5.41 Å². The van der Waals surface area contributed by atoms with Gasteiger partial charge in [-0.25, -0.2) is 4.98 Å². The second-order valence-corrected chi connectivity index (χ2v) is 11.4. The number of hydrogen-bond acceptors (Lipinski definition) is 5. The lowest BCUT2D eigenvalue weighted by molar-refractivity contribution is 0.0912. The zero-order valence-electron chi connectivity index (χ0n) is 21.8. The van der Waals surface area contributed by atoms with Gasteiger partial charge in [-0.3, -0.25) is 14.3 Å². The predicted molar refractivity (Wildman–Crippen MR) is 145 cm³/mol. The maximum Gasteiger partial charge on any atom is 0.260 e. The van der Waals surface area contributed by atoms with E-state index < -0.39 is 0 Å². The standard InChI is InChI=1S/C29H32N6O2/c1-28(2,3)35-17-19(16-31-35)27(37)34-23-13-18(11-12-30-23)25-26(32-20-9-7-6-8-10-20)24-21(33-25)14-29(4,5)15-22(24)36/h6-13,16-17,32-33H,14-15H2,1-5H3,(H,30,34,37). The smallest absolute Gasteiger partial charge is 0.260 e. The van der Waals surface area contributed by atoms with Gasteiger partial charge in [0.15, 0.2) is 5.78 Å². The first-order valence-electron chi connectivity index (χ1n) is 12.4. The van der Waals surface area contributed by atoms with Crippen LogP contribution in [-0.2, 0) is 12.0 Å². The van der Waals surface area contributed by atoms with Crippen LogP contribution in [0.3, 0.4) is 0 Å². The fraction of sp³-hybridized carbons (Fsp3) is 0.310. The highest BCUT2D eigenvalue weighted by Crippen LogP contribution is 2.43. The van der Waals surface area contributed by atoms with E-state index in [-0.39, 0.29) is 22.6 Å². The number of nitrogens with one attached hydrogen (secondary N) is 3. The molecule has 0 radical (unpaired) electrons. The average Bonchev–Trinajstić information content (AvgIpc) is 3.45. The van der Waals surface area contributed by atoms with Crippen molar-refractivity contribution in [3.05, 3.63) is 77.9 Å². The van der Waals surface area contributed by atoms with E-state index in [0.29, 0.717) is 23.4 Å². The molecule has 8 heteroatoms. The SMILES string of the molecule is CC1(C)CC(=O)c2c([nH]c(-c3ccnc(NC(=O)c4cnn(C(C)(C)C)c4)c3)c2Nc2ccccc2)C1. The first-order valence-corrected chi connectivity index (χ1v) is 12.4. The molecule has 0 saturated carbocycles. The Morgan fingerprint density at radius 2 is 1.86 bits per heavy atom. The van der Waals surface area contributed by atoms with Crippen LogP contribution in [0.15, 0.2) is 61.1 Å². The number of rotatable bonds is 5. The molecule has 3 heterocycles. The maximum absolute atomic E-state index is 13.3. The zero-order chi connectivity index (χ0) is 26.4. The highest BCUT2D eigenvalue weighted by molar-refractivity contribution is 6.08. The van der Waals surface area contributed by atoms with Crippen molar-refractivity contribution in [1.29, 1.82) is 0 Å². The molecule has 0 fully saturated rings. The van der Waals surface area contributed by atoms with Gasteiger partial charge in [0.2, 0.25) is 0 Å². The van der Waals surface area contributed by atoms with Gasteiger partial charge < -0.3 is 15.6 Å². The van der Waals surface area contributed by atoms with Gasteiger partial charge >= 0.3 is 0 Å². The molecule has 37 heavy (non-hydrogen) atoms. The van der Waals surface area contributed by atoms with Crippen LogP contribution in [0.2, 0.25) is 0 Å². The number of fused-ring (bicyclic) bond motifs is 1. The Hall–Kier alpha value is -4.20. The quantitative estimate of drug-likeness (QED) is 0.306. The third-order valence-electron chi connectivity index (χ3n) is 6.52. The fourth-order valence-corrected chi connectivity index (χ4v) is 4.71. The van der Waals surface area contributed by atoms with Crippen LogP contribution >= 0.6 is 0 Å². The van der Waals surface area contributed by atoms with Gasteiger partial charge in [0.25, 0.3) is 5.91 Å². The Morgan fingerprint density at radius 3 is 2.57 bits per heavy atom. The summed E-state index contributed by atoms with van der Waals surface area (Å²) in [6.45, 7) is 10.3. The van der Waals surface area contributed by atoms with Gasteiger partial charge in [0.1, 0.15) is 5.82 Å². The number of aromatic nitrogens is 4. The molecular formula is C29H32N6O2. The summed E-state index contributed by atoms with van der Waals surface area (Å²) in [5, 5.41) is 10.7. The van der Waals surface area contributed by atoms with E-state index in [1.165, 1.54) is 0 Å². The number of carbonyl (C=O) groups is 2. The molecule has 1 amide bonds. The van der Waals surface area contributed by atoms with Crippen LogP contribution in [0.1, 0.15) is 67.4 Å². The Kier molecular flexibility index (Phi) is 5.98. The molecule has 0 unspecified atom stereocenters. The Labute approximate surface area is 216 Å². The van der Waals surface area contributed by atoms with Crippen LogP contribution in [0.5, 0.6) is 0 Å². The Bertz CT molecular complexity index is 1470. The number of Topliss-reactive ketones (excluding diaryl/α,β-unsaturated/α-hetero) is 1. The van der Waals surface area contributed by atoms with Gasteiger partial charge in [0.05, 0.1) is 34.2 Å². The minimum Gasteiger partial charge on any atom is -0.356 e. The van der Waals surface area contributed by atoms with Crippen molar-refractivity contribution >= 4 is 28.9 Å². The lowest BCUT2D eigenvalue weighted by Gasteiger charge is -2.28. The maximum atomic E-state index is 13.3. The predicted octanol–water partition coefficient (Wildman–Crippen LogP) is 6.18. The lowest BCUT2D eigenvalue weighted by atomic mass is 9.76.